The largest absolute Gasteiger partial charge is 0.311 e. The summed E-state index contributed by atoms with van der Waals surface area (Å²) in [6, 6.07) is 83.8. The molecule has 0 saturated heterocycles. The molecule has 7 heteroatoms. The zero-order valence-corrected chi connectivity index (χ0v) is 41.0. The van der Waals surface area contributed by atoms with Crippen molar-refractivity contribution in [3.63, 3.8) is 0 Å². The Kier molecular flexibility index (Phi) is 20.2. The van der Waals surface area contributed by atoms with Gasteiger partial charge in [0.25, 0.3) is 0 Å². The Bertz CT molecular complexity index is 2530. The first-order valence-corrected chi connectivity index (χ1v) is 24.8. The molecule has 0 aliphatic rings. The molecule has 0 amide bonds. The molecule has 2 unspecified atom stereocenters. The number of nitrogens with zero attached hydrogens (tertiary/aromatic N) is 4. The second-order valence-corrected chi connectivity index (χ2v) is 21.0. The first kappa shape index (κ1) is 50.5. The summed E-state index contributed by atoms with van der Waals surface area (Å²) in [6.45, 7) is 13.6. The normalized spacial score (nSPS) is 11.8. The van der Waals surface area contributed by atoms with Crippen LogP contribution >= 0.6 is 15.8 Å². The van der Waals surface area contributed by atoms with E-state index >= 15 is 0 Å². The molecule has 0 spiro atoms. The van der Waals surface area contributed by atoms with E-state index in [2.05, 4.69) is 248 Å². The Morgan fingerprint density at radius 3 is 0.939 bits per heavy atom. The van der Waals surface area contributed by atoms with E-state index in [9.17, 15) is 0 Å². The van der Waals surface area contributed by atoms with Crippen molar-refractivity contribution < 1.29 is 17.1 Å². The molecule has 8 aromatic carbocycles. The van der Waals surface area contributed by atoms with E-state index in [1.165, 1.54) is 38.8 Å². The molecular formula is C59H56FeN4P2+2. The topological polar surface area (TPSA) is 52.9 Å². The number of hydrogen-bond acceptors (Lipinski definition) is 3. The van der Waals surface area contributed by atoms with Gasteiger partial charge in [-0.15, -0.1) is 0 Å². The molecule has 66 heavy (non-hydrogen) atoms. The molecule has 8 rings (SSSR count). The minimum Gasteiger partial charge on any atom is -0.311 e. The molecule has 8 aromatic rings. The van der Waals surface area contributed by atoms with Gasteiger partial charge in [-0.2, -0.15) is 5.26 Å². The number of hydrogen-bond donors (Lipinski definition) is 0. The summed E-state index contributed by atoms with van der Waals surface area (Å²) in [6.07, 6.45) is 4.21. The summed E-state index contributed by atoms with van der Waals surface area (Å²) < 4.78 is 0. The van der Waals surface area contributed by atoms with Gasteiger partial charge in [0.05, 0.1) is 21.9 Å². The van der Waals surface area contributed by atoms with Gasteiger partial charge in [0.15, 0.2) is 0 Å². The Labute approximate surface area is 405 Å². The van der Waals surface area contributed by atoms with Crippen LogP contribution in [0.3, 0.4) is 0 Å². The fraction of sp³-hybridized carbons (Fsp3) is 0.119. The quantitative estimate of drug-likeness (QED) is 0.0492. The van der Waals surface area contributed by atoms with Gasteiger partial charge in [-0.25, -0.2) is 6.57 Å². The number of rotatable bonds is 13. The van der Waals surface area contributed by atoms with Crippen molar-refractivity contribution in [3.05, 3.63) is 264 Å². The summed E-state index contributed by atoms with van der Waals surface area (Å²) in [5.74, 6) is 0. The van der Waals surface area contributed by atoms with E-state index in [1.807, 2.05) is 20.8 Å². The van der Waals surface area contributed by atoms with Gasteiger partial charge in [-0.05, 0) is 83.9 Å². The third-order valence-electron chi connectivity index (χ3n) is 10.4. The number of benzene rings is 8. The molecule has 0 heterocycles. The maximum absolute atomic E-state index is 7.32. The number of aliphatic imine (C=N–C) groups is 2. The van der Waals surface area contributed by atoms with Crippen LogP contribution < -0.4 is 31.8 Å². The fourth-order valence-electron chi connectivity index (χ4n) is 7.37. The van der Waals surface area contributed by atoms with E-state index in [0.717, 1.165) is 22.3 Å². The SMILES string of the molecule is C(=NC(c1ccccc1)C(N=Cc1ccccc1[PH+](c1ccccc1)c1ccccc1)c1ccccc1)c1ccccc1[PH+](c1ccccc1)c1ccccc1.CC#N.[C-]#[N+]C(C)(C)C.[Fe]. The predicted molar refractivity (Wildman–Crippen MR) is 284 cm³/mol. The average molecular weight is 939 g/mol. The van der Waals surface area contributed by atoms with Gasteiger partial charge in [-0.1, -0.05) is 158 Å². The Balaban J connectivity index is 0.000000748. The van der Waals surface area contributed by atoms with E-state index in [4.69, 9.17) is 21.8 Å². The monoisotopic (exact) mass is 938 g/mol. The first-order chi connectivity index (χ1) is 31.8. The van der Waals surface area contributed by atoms with Crippen molar-refractivity contribution in [2.45, 2.75) is 45.3 Å². The minimum absolute atomic E-state index is 0. The molecule has 328 valence electrons. The zero-order chi connectivity index (χ0) is 45.7. The molecule has 2 atom stereocenters. The summed E-state index contributed by atoms with van der Waals surface area (Å²) in [5.41, 5.74) is 4.34. The van der Waals surface area contributed by atoms with E-state index < -0.39 is 15.8 Å². The minimum atomic E-state index is -1.31. The van der Waals surface area contributed by atoms with Gasteiger partial charge in [0.2, 0.25) is 5.54 Å². The Morgan fingerprint density at radius 1 is 0.455 bits per heavy atom. The maximum Gasteiger partial charge on any atom is 0.224 e. The van der Waals surface area contributed by atoms with E-state index in [1.54, 1.807) is 6.07 Å². The van der Waals surface area contributed by atoms with Crippen molar-refractivity contribution in [1.29, 1.82) is 5.26 Å². The molecule has 0 aromatic heterocycles. The second-order valence-electron chi connectivity index (χ2n) is 16.2. The Morgan fingerprint density at radius 2 is 0.682 bits per heavy atom. The van der Waals surface area contributed by atoms with E-state index in [0.29, 0.717) is 0 Å². The van der Waals surface area contributed by atoms with Crippen LogP contribution in [0.15, 0.2) is 241 Å². The van der Waals surface area contributed by atoms with Crippen LogP contribution in [-0.2, 0) is 17.1 Å². The summed E-state index contributed by atoms with van der Waals surface area (Å²) in [5, 5.41) is 15.3. The van der Waals surface area contributed by atoms with Crippen molar-refractivity contribution in [2.75, 3.05) is 0 Å². The Hall–Kier alpha value is -6.54. The van der Waals surface area contributed by atoms with E-state index in [-0.39, 0.29) is 34.7 Å². The molecule has 0 N–H and O–H groups in total. The average Bonchev–Trinajstić information content (AvgIpc) is 3.36. The van der Waals surface area contributed by atoms with Gasteiger partial charge in [0.1, 0.15) is 43.9 Å². The van der Waals surface area contributed by atoms with Crippen LogP contribution in [0.25, 0.3) is 4.85 Å². The van der Waals surface area contributed by atoms with Crippen molar-refractivity contribution >= 4 is 60.1 Å². The van der Waals surface area contributed by atoms with Crippen LogP contribution in [0.1, 0.15) is 62.0 Å². The van der Waals surface area contributed by atoms with Crippen LogP contribution in [0.4, 0.5) is 0 Å². The van der Waals surface area contributed by atoms with Crippen molar-refractivity contribution in [2.24, 2.45) is 9.98 Å². The molecular weight excluding hydrogens is 882 g/mol. The standard InChI is InChI=1S/C52H42N2P2.C5H9N.C2H3N.Fe/c1-7-23-41(24-8-1)51(53-39-43-27-19-21-37-49(43)55(45-29-11-3-12-30-45)46-31-13-4-14-32-46)52(42-25-9-2-10-26-42)54-40-44-28-20-22-38-50(44)56(47-33-15-5-16-34-47)48-35-17-6-18-36-48;1-5(2,3)6-4;1-2-3;/h1-40,51-52H;1-3H3;1H3;/p+2. The fourth-order valence-corrected chi connectivity index (χ4v) is 12.8. The second kappa shape index (κ2) is 26.4. The molecule has 0 aliphatic heterocycles. The van der Waals surface area contributed by atoms with Gasteiger partial charge >= 0.3 is 0 Å². The molecule has 0 fully saturated rings. The van der Waals surface area contributed by atoms with Crippen LogP contribution in [0, 0.1) is 17.9 Å². The number of nitriles is 1. The van der Waals surface area contributed by atoms with Crippen LogP contribution in [0.5, 0.6) is 0 Å². The van der Waals surface area contributed by atoms with Crippen molar-refractivity contribution in [1.82, 2.24) is 0 Å². The maximum atomic E-state index is 7.32. The summed E-state index contributed by atoms with van der Waals surface area (Å²) in [4.78, 5) is 14.3. The summed E-state index contributed by atoms with van der Waals surface area (Å²) >= 11 is 0. The van der Waals surface area contributed by atoms with Crippen molar-refractivity contribution in [3.8, 4) is 6.07 Å². The summed E-state index contributed by atoms with van der Waals surface area (Å²) in [7, 11) is -2.62. The molecule has 0 saturated carbocycles. The first-order valence-electron chi connectivity index (χ1n) is 21.8. The van der Waals surface area contributed by atoms with Crippen LogP contribution in [-0.4, -0.2) is 18.0 Å². The van der Waals surface area contributed by atoms with Gasteiger partial charge in [-0.3, -0.25) is 9.98 Å². The molecule has 0 aliphatic carbocycles. The predicted octanol–water partition coefficient (Wildman–Crippen LogP) is 11.9. The zero-order valence-electron chi connectivity index (χ0n) is 37.9. The molecule has 0 bridgehead atoms. The van der Waals surface area contributed by atoms with Gasteiger partial charge < -0.3 is 4.85 Å². The van der Waals surface area contributed by atoms with Gasteiger partial charge in [0, 0.05) is 68.3 Å². The molecule has 4 nitrogen and oxygen atoms in total. The smallest absolute Gasteiger partial charge is 0.224 e. The third-order valence-corrected chi connectivity index (χ3v) is 16.0. The molecule has 0 radical (unpaired) electrons. The third kappa shape index (κ3) is 14.5. The van der Waals surface area contributed by atoms with Crippen LogP contribution in [0.2, 0.25) is 0 Å².